The SMILES string of the molecule is CN(C(=O)CCCCCN)c1ccccc1F.Cl. The van der Waals surface area contributed by atoms with Crippen molar-refractivity contribution in [3.63, 3.8) is 0 Å². The van der Waals surface area contributed by atoms with Crippen molar-refractivity contribution >= 4 is 24.0 Å². The number of rotatable bonds is 6. The van der Waals surface area contributed by atoms with E-state index in [0.717, 1.165) is 19.3 Å². The normalized spacial score (nSPS) is 9.72. The van der Waals surface area contributed by atoms with Gasteiger partial charge >= 0.3 is 0 Å². The highest BCUT2D eigenvalue weighted by atomic mass is 35.5. The van der Waals surface area contributed by atoms with Crippen molar-refractivity contribution in [2.24, 2.45) is 5.73 Å². The molecule has 5 heteroatoms. The molecule has 1 amide bonds. The van der Waals surface area contributed by atoms with Crippen LogP contribution in [0.5, 0.6) is 0 Å². The lowest BCUT2D eigenvalue weighted by Crippen LogP contribution is -2.26. The number of nitrogens with zero attached hydrogens (tertiary/aromatic N) is 1. The highest BCUT2D eigenvalue weighted by Crippen LogP contribution is 2.18. The molecule has 1 aromatic rings. The summed E-state index contributed by atoms with van der Waals surface area (Å²) in [5.74, 6) is -0.433. The summed E-state index contributed by atoms with van der Waals surface area (Å²) < 4.78 is 13.4. The number of carbonyl (C=O) groups excluding carboxylic acids is 1. The Bertz CT molecular complexity index is 374. The van der Waals surface area contributed by atoms with Gasteiger partial charge in [-0.05, 0) is 31.5 Å². The predicted octanol–water partition coefficient (Wildman–Crippen LogP) is 2.73. The fourth-order valence-corrected chi connectivity index (χ4v) is 1.62. The van der Waals surface area contributed by atoms with Crippen molar-refractivity contribution in [2.75, 3.05) is 18.5 Å². The van der Waals surface area contributed by atoms with Crippen LogP contribution < -0.4 is 10.6 Å². The van der Waals surface area contributed by atoms with Crippen LogP contribution >= 0.6 is 12.4 Å². The van der Waals surface area contributed by atoms with Gasteiger partial charge in [0.2, 0.25) is 5.91 Å². The summed E-state index contributed by atoms with van der Waals surface area (Å²) in [4.78, 5) is 13.2. The first kappa shape index (κ1) is 16.9. The standard InChI is InChI=1S/C13H19FN2O.ClH/c1-16(12-8-5-4-7-11(12)14)13(17)9-3-2-6-10-15;/h4-5,7-8H,2-3,6,9-10,15H2,1H3;1H. The van der Waals surface area contributed by atoms with Crippen LogP contribution in [-0.4, -0.2) is 19.5 Å². The molecule has 1 aromatic carbocycles. The van der Waals surface area contributed by atoms with Crippen molar-refractivity contribution in [1.29, 1.82) is 0 Å². The molecule has 102 valence electrons. The zero-order valence-corrected chi connectivity index (χ0v) is 11.4. The maximum atomic E-state index is 13.4. The number of halogens is 2. The van der Waals surface area contributed by atoms with Crippen LogP contribution in [0.3, 0.4) is 0 Å². The zero-order valence-electron chi connectivity index (χ0n) is 10.6. The van der Waals surface area contributed by atoms with Gasteiger partial charge in [0.1, 0.15) is 5.82 Å². The maximum Gasteiger partial charge on any atom is 0.226 e. The Kier molecular flexibility index (Phi) is 8.33. The number of para-hydroxylation sites is 1. The van der Waals surface area contributed by atoms with Gasteiger partial charge in [-0.1, -0.05) is 18.6 Å². The molecule has 0 aromatic heterocycles. The molecule has 3 nitrogen and oxygen atoms in total. The predicted molar refractivity (Wildman–Crippen MR) is 74.6 cm³/mol. The highest BCUT2D eigenvalue weighted by Gasteiger charge is 2.13. The number of nitrogens with two attached hydrogens (primary N) is 1. The number of unbranched alkanes of at least 4 members (excludes halogenated alkanes) is 2. The first-order valence-electron chi connectivity index (χ1n) is 5.88. The molecular weight excluding hydrogens is 255 g/mol. The summed E-state index contributed by atoms with van der Waals surface area (Å²) in [5.41, 5.74) is 5.70. The Morgan fingerprint density at radius 2 is 1.94 bits per heavy atom. The quantitative estimate of drug-likeness (QED) is 0.811. The van der Waals surface area contributed by atoms with Gasteiger partial charge in [0.05, 0.1) is 5.69 Å². The van der Waals surface area contributed by atoms with Crippen molar-refractivity contribution in [3.8, 4) is 0 Å². The number of amides is 1. The Morgan fingerprint density at radius 1 is 1.28 bits per heavy atom. The van der Waals surface area contributed by atoms with Crippen LogP contribution in [0.25, 0.3) is 0 Å². The van der Waals surface area contributed by atoms with Crippen LogP contribution in [0.4, 0.5) is 10.1 Å². The van der Waals surface area contributed by atoms with E-state index >= 15 is 0 Å². The maximum absolute atomic E-state index is 13.4. The molecule has 0 aliphatic carbocycles. The van der Waals surface area contributed by atoms with E-state index in [0.29, 0.717) is 18.7 Å². The minimum atomic E-state index is -0.370. The van der Waals surface area contributed by atoms with E-state index in [1.807, 2.05) is 0 Å². The van der Waals surface area contributed by atoms with Gasteiger partial charge in [-0.2, -0.15) is 0 Å². The topological polar surface area (TPSA) is 46.3 Å². The minimum absolute atomic E-state index is 0. The molecule has 0 saturated heterocycles. The molecule has 0 radical (unpaired) electrons. The molecule has 0 fully saturated rings. The van der Waals surface area contributed by atoms with Gasteiger partial charge < -0.3 is 10.6 Å². The third-order valence-electron chi connectivity index (χ3n) is 2.68. The number of hydrogen-bond acceptors (Lipinski definition) is 2. The Labute approximate surface area is 114 Å². The molecule has 0 unspecified atom stereocenters. The van der Waals surface area contributed by atoms with Crippen LogP contribution in [-0.2, 0) is 4.79 Å². The average Bonchev–Trinajstić information content (AvgIpc) is 2.34. The molecule has 0 saturated carbocycles. The van der Waals surface area contributed by atoms with E-state index in [9.17, 15) is 9.18 Å². The third-order valence-corrected chi connectivity index (χ3v) is 2.68. The summed E-state index contributed by atoms with van der Waals surface area (Å²) in [6, 6.07) is 6.29. The zero-order chi connectivity index (χ0) is 12.7. The van der Waals surface area contributed by atoms with Gasteiger partial charge in [-0.15, -0.1) is 12.4 Å². The molecule has 0 bridgehead atoms. The minimum Gasteiger partial charge on any atom is -0.330 e. The molecule has 18 heavy (non-hydrogen) atoms. The second-order valence-corrected chi connectivity index (χ2v) is 4.00. The van der Waals surface area contributed by atoms with E-state index in [4.69, 9.17) is 5.73 Å². The summed E-state index contributed by atoms with van der Waals surface area (Å²) in [6.45, 7) is 0.650. The monoisotopic (exact) mass is 274 g/mol. The second-order valence-electron chi connectivity index (χ2n) is 4.00. The summed E-state index contributed by atoms with van der Waals surface area (Å²) >= 11 is 0. The van der Waals surface area contributed by atoms with Crippen LogP contribution in [0.15, 0.2) is 24.3 Å². The lowest BCUT2D eigenvalue weighted by Gasteiger charge is -2.17. The van der Waals surface area contributed by atoms with Crippen molar-refractivity contribution in [1.82, 2.24) is 0 Å². The van der Waals surface area contributed by atoms with Gasteiger partial charge in [0.15, 0.2) is 0 Å². The van der Waals surface area contributed by atoms with E-state index < -0.39 is 0 Å². The molecule has 0 aliphatic heterocycles. The van der Waals surface area contributed by atoms with Gasteiger partial charge in [0.25, 0.3) is 0 Å². The first-order chi connectivity index (χ1) is 8.16. The average molecular weight is 275 g/mol. The lowest BCUT2D eigenvalue weighted by molar-refractivity contribution is -0.118. The third kappa shape index (κ3) is 5.02. The number of carbonyl (C=O) groups is 1. The fourth-order valence-electron chi connectivity index (χ4n) is 1.62. The van der Waals surface area contributed by atoms with Crippen LogP contribution in [0, 0.1) is 5.82 Å². The summed E-state index contributed by atoms with van der Waals surface area (Å²) in [7, 11) is 1.60. The van der Waals surface area contributed by atoms with E-state index in [2.05, 4.69) is 0 Å². The van der Waals surface area contributed by atoms with Crippen LogP contribution in [0.2, 0.25) is 0 Å². The van der Waals surface area contributed by atoms with Gasteiger partial charge in [0, 0.05) is 13.5 Å². The van der Waals surface area contributed by atoms with E-state index in [1.165, 1.54) is 11.0 Å². The Hall–Kier alpha value is -1.13. The molecule has 0 atom stereocenters. The summed E-state index contributed by atoms with van der Waals surface area (Å²) in [6.07, 6.45) is 3.10. The van der Waals surface area contributed by atoms with Gasteiger partial charge in [-0.3, -0.25) is 4.79 Å². The number of benzene rings is 1. The largest absolute Gasteiger partial charge is 0.330 e. The molecule has 1 rings (SSSR count). The van der Waals surface area contributed by atoms with Gasteiger partial charge in [-0.25, -0.2) is 4.39 Å². The van der Waals surface area contributed by atoms with Crippen molar-refractivity contribution in [3.05, 3.63) is 30.1 Å². The lowest BCUT2D eigenvalue weighted by atomic mass is 10.1. The highest BCUT2D eigenvalue weighted by molar-refractivity contribution is 5.92. The molecular formula is C13H20ClFN2O. The Balaban J connectivity index is 0.00000289. The number of hydrogen-bond donors (Lipinski definition) is 1. The number of anilines is 1. The van der Waals surface area contributed by atoms with Crippen molar-refractivity contribution in [2.45, 2.75) is 25.7 Å². The Morgan fingerprint density at radius 3 is 2.56 bits per heavy atom. The summed E-state index contributed by atoms with van der Waals surface area (Å²) in [5, 5.41) is 0. The smallest absolute Gasteiger partial charge is 0.226 e. The molecule has 0 aliphatic rings. The molecule has 0 spiro atoms. The second kappa shape index (κ2) is 8.89. The van der Waals surface area contributed by atoms with E-state index in [-0.39, 0.29) is 24.1 Å². The van der Waals surface area contributed by atoms with Crippen molar-refractivity contribution < 1.29 is 9.18 Å². The fraction of sp³-hybridized carbons (Fsp3) is 0.462. The first-order valence-corrected chi connectivity index (χ1v) is 5.88. The molecule has 0 heterocycles. The van der Waals surface area contributed by atoms with E-state index in [1.54, 1.807) is 25.2 Å². The molecule has 2 N–H and O–H groups in total. The van der Waals surface area contributed by atoms with Crippen LogP contribution in [0.1, 0.15) is 25.7 Å².